The highest BCUT2D eigenvalue weighted by Crippen LogP contribution is 2.47. The zero-order chi connectivity index (χ0) is 12.7. The average Bonchev–Trinajstić information content (AvgIpc) is 2.44. The van der Waals surface area contributed by atoms with Gasteiger partial charge in [0.1, 0.15) is 5.78 Å². The first kappa shape index (κ1) is 13.7. The molecule has 92 valence electrons. The lowest BCUT2D eigenvalue weighted by Gasteiger charge is -2.40. The van der Waals surface area contributed by atoms with Gasteiger partial charge >= 0.3 is 0 Å². The van der Waals surface area contributed by atoms with Crippen LogP contribution >= 0.6 is 0 Å². The minimum absolute atomic E-state index is 0.254. The summed E-state index contributed by atoms with van der Waals surface area (Å²) >= 11 is 0. The normalized spacial score (nSPS) is 26.8. The van der Waals surface area contributed by atoms with Gasteiger partial charge in [-0.15, -0.1) is 0 Å². The Morgan fingerprint density at radius 3 is 2.19 bits per heavy atom. The Labute approximate surface area is 101 Å². The van der Waals surface area contributed by atoms with Gasteiger partial charge in [0.2, 0.25) is 0 Å². The first-order chi connectivity index (χ1) is 7.09. The lowest BCUT2D eigenvalue weighted by atomic mass is 9.94. The van der Waals surface area contributed by atoms with Gasteiger partial charge in [-0.25, -0.2) is 0 Å². The van der Waals surface area contributed by atoms with E-state index in [1.165, 1.54) is 0 Å². The third-order valence-corrected chi connectivity index (χ3v) is 10.7. The van der Waals surface area contributed by atoms with Gasteiger partial charge < -0.3 is 0 Å². The van der Waals surface area contributed by atoms with Crippen LogP contribution in [0.2, 0.25) is 18.1 Å². The number of hydrogen-bond donors (Lipinski definition) is 0. The van der Waals surface area contributed by atoms with E-state index in [0.717, 1.165) is 6.42 Å². The van der Waals surface area contributed by atoms with E-state index < -0.39 is 8.07 Å². The lowest BCUT2D eigenvalue weighted by molar-refractivity contribution is -0.121. The van der Waals surface area contributed by atoms with Gasteiger partial charge in [-0.2, -0.15) is 0 Å². The molecule has 0 saturated heterocycles. The minimum atomic E-state index is -1.41. The Kier molecular flexibility index (Phi) is 3.54. The first-order valence-electron chi connectivity index (χ1n) is 6.30. The van der Waals surface area contributed by atoms with Crippen LogP contribution < -0.4 is 0 Å². The number of rotatable bonds is 2. The van der Waals surface area contributed by atoms with Crippen molar-refractivity contribution in [2.75, 3.05) is 0 Å². The fraction of sp³-hybridized carbons (Fsp3) is 0.786. The second kappa shape index (κ2) is 4.14. The predicted molar refractivity (Wildman–Crippen MR) is 73.2 cm³/mol. The van der Waals surface area contributed by atoms with Crippen LogP contribution in [0.5, 0.6) is 0 Å². The maximum absolute atomic E-state index is 11.6. The molecule has 0 aromatic rings. The fourth-order valence-electron chi connectivity index (χ4n) is 2.64. The molecule has 0 radical (unpaired) electrons. The SMILES string of the molecule is CC(=O)[C@@H]1CC=C([Si](C)(C)C(C)(C)C)[C@@H]1C. The van der Waals surface area contributed by atoms with Crippen molar-refractivity contribution in [2.45, 2.75) is 59.2 Å². The Balaban J connectivity index is 2.97. The molecule has 1 rings (SSSR count). The summed E-state index contributed by atoms with van der Waals surface area (Å²) in [6.07, 6.45) is 3.34. The highest BCUT2D eigenvalue weighted by molar-refractivity contribution is 6.86. The van der Waals surface area contributed by atoms with Crippen molar-refractivity contribution in [3.63, 3.8) is 0 Å². The topological polar surface area (TPSA) is 17.1 Å². The van der Waals surface area contributed by atoms with Crippen molar-refractivity contribution in [1.29, 1.82) is 0 Å². The summed E-state index contributed by atoms with van der Waals surface area (Å²) in [5.74, 6) is 1.08. The van der Waals surface area contributed by atoms with E-state index >= 15 is 0 Å². The number of ketones is 1. The van der Waals surface area contributed by atoms with E-state index in [1.807, 2.05) is 0 Å². The van der Waals surface area contributed by atoms with Crippen LogP contribution in [0.1, 0.15) is 41.0 Å². The van der Waals surface area contributed by atoms with Gasteiger partial charge in [-0.05, 0) is 24.3 Å². The Morgan fingerprint density at radius 2 is 1.88 bits per heavy atom. The van der Waals surface area contributed by atoms with E-state index in [0.29, 0.717) is 16.7 Å². The van der Waals surface area contributed by atoms with Crippen LogP contribution in [0.25, 0.3) is 0 Å². The quantitative estimate of drug-likeness (QED) is 0.659. The molecule has 1 nitrogen and oxygen atoms in total. The van der Waals surface area contributed by atoms with E-state index in [4.69, 9.17) is 0 Å². The fourth-order valence-corrected chi connectivity index (χ4v) is 5.47. The second-order valence-electron chi connectivity index (χ2n) is 6.78. The summed E-state index contributed by atoms with van der Waals surface area (Å²) in [5.41, 5.74) is 0. The number of Topliss-reactive ketones (excluding diaryl/α,β-unsaturated/α-hetero) is 1. The van der Waals surface area contributed by atoms with Crippen LogP contribution in [0.4, 0.5) is 0 Å². The van der Waals surface area contributed by atoms with Gasteiger partial charge in [0, 0.05) is 5.92 Å². The average molecular weight is 238 g/mol. The molecular formula is C14H26OSi. The predicted octanol–water partition coefficient (Wildman–Crippen LogP) is 4.21. The van der Waals surface area contributed by atoms with E-state index in [-0.39, 0.29) is 5.92 Å². The molecule has 0 saturated carbocycles. The monoisotopic (exact) mass is 238 g/mol. The molecule has 0 aliphatic heterocycles. The molecule has 16 heavy (non-hydrogen) atoms. The molecule has 0 spiro atoms. The molecule has 0 amide bonds. The van der Waals surface area contributed by atoms with Crippen LogP contribution in [0.15, 0.2) is 11.3 Å². The maximum atomic E-state index is 11.6. The van der Waals surface area contributed by atoms with Crippen LogP contribution in [0, 0.1) is 11.8 Å². The molecule has 2 heteroatoms. The standard InChI is InChI=1S/C14H26OSi/c1-10-12(11(2)15)8-9-13(10)16(6,7)14(3,4)5/h9-10,12H,8H2,1-7H3/t10-,12-/m1/s1. The van der Waals surface area contributed by atoms with E-state index in [1.54, 1.807) is 12.1 Å². The smallest absolute Gasteiger partial charge is 0.133 e. The summed E-state index contributed by atoms with van der Waals surface area (Å²) in [4.78, 5) is 11.6. The van der Waals surface area contributed by atoms with E-state index in [2.05, 4.69) is 46.9 Å². The molecule has 0 fully saturated rings. The molecule has 0 aromatic heterocycles. The first-order valence-corrected chi connectivity index (χ1v) is 9.30. The van der Waals surface area contributed by atoms with Crippen molar-refractivity contribution < 1.29 is 4.79 Å². The highest BCUT2D eigenvalue weighted by atomic mass is 28.3. The third kappa shape index (κ3) is 2.17. The summed E-state index contributed by atoms with van der Waals surface area (Å²) in [6, 6.07) is 0. The van der Waals surface area contributed by atoms with Crippen LogP contribution in [-0.2, 0) is 4.79 Å². The highest BCUT2D eigenvalue weighted by Gasteiger charge is 2.44. The molecule has 2 atom stereocenters. The molecule has 1 aliphatic carbocycles. The van der Waals surface area contributed by atoms with Crippen molar-refractivity contribution in [1.82, 2.24) is 0 Å². The van der Waals surface area contributed by atoms with Crippen molar-refractivity contribution in [3.8, 4) is 0 Å². The molecule has 0 aromatic carbocycles. The van der Waals surface area contributed by atoms with Gasteiger partial charge in [0.15, 0.2) is 0 Å². The molecule has 0 heterocycles. The zero-order valence-corrected chi connectivity index (χ0v) is 12.8. The van der Waals surface area contributed by atoms with Crippen molar-refractivity contribution in [2.24, 2.45) is 11.8 Å². The van der Waals surface area contributed by atoms with Gasteiger partial charge in [0.25, 0.3) is 0 Å². The third-order valence-electron chi connectivity index (χ3n) is 4.80. The van der Waals surface area contributed by atoms with Crippen molar-refractivity contribution >= 4 is 13.9 Å². The maximum Gasteiger partial charge on any atom is 0.133 e. The Bertz CT molecular complexity index is 320. The summed E-state index contributed by atoms with van der Waals surface area (Å²) in [7, 11) is -1.41. The van der Waals surface area contributed by atoms with E-state index in [9.17, 15) is 4.79 Å². The number of allylic oxidation sites excluding steroid dienone is 2. The molecule has 1 aliphatic rings. The Morgan fingerprint density at radius 1 is 1.38 bits per heavy atom. The molecule has 0 N–H and O–H groups in total. The minimum Gasteiger partial charge on any atom is -0.300 e. The zero-order valence-electron chi connectivity index (χ0n) is 11.8. The van der Waals surface area contributed by atoms with Crippen LogP contribution in [-0.4, -0.2) is 13.9 Å². The Hall–Kier alpha value is -0.373. The van der Waals surface area contributed by atoms with Crippen LogP contribution in [0.3, 0.4) is 0 Å². The van der Waals surface area contributed by atoms with Gasteiger partial charge in [0.05, 0.1) is 8.07 Å². The summed E-state index contributed by atoms with van der Waals surface area (Å²) < 4.78 is 0. The molecule has 0 unspecified atom stereocenters. The molecular weight excluding hydrogens is 212 g/mol. The molecule has 0 bridgehead atoms. The van der Waals surface area contributed by atoms with Gasteiger partial charge in [-0.1, -0.05) is 52.1 Å². The largest absolute Gasteiger partial charge is 0.300 e. The number of carbonyl (C=O) groups excluding carboxylic acids is 1. The second-order valence-corrected chi connectivity index (χ2v) is 12.1. The van der Waals surface area contributed by atoms with Crippen molar-refractivity contribution in [3.05, 3.63) is 11.3 Å². The lowest BCUT2D eigenvalue weighted by Crippen LogP contribution is -2.42. The number of carbonyl (C=O) groups is 1. The summed E-state index contributed by atoms with van der Waals surface area (Å²) in [6.45, 7) is 15.9. The number of hydrogen-bond acceptors (Lipinski definition) is 1. The van der Waals surface area contributed by atoms with Gasteiger partial charge in [-0.3, -0.25) is 4.79 Å². The summed E-state index contributed by atoms with van der Waals surface area (Å²) in [5, 5.41) is 1.99.